The molecule has 0 bridgehead atoms. The van der Waals surface area contributed by atoms with E-state index in [0.29, 0.717) is 0 Å². The highest BCUT2D eigenvalue weighted by molar-refractivity contribution is 5.27. The molecule has 0 amide bonds. The van der Waals surface area contributed by atoms with Gasteiger partial charge in [0.15, 0.2) is 0 Å². The van der Waals surface area contributed by atoms with Crippen LogP contribution >= 0.6 is 0 Å². The molecule has 3 rings (SSSR count). The summed E-state index contributed by atoms with van der Waals surface area (Å²) in [6.45, 7) is 1.22. The molecule has 1 aliphatic carbocycles. The van der Waals surface area contributed by atoms with Gasteiger partial charge < -0.3 is 5.32 Å². The Hall–Kier alpha value is -0.820. The average molecular weight is 257 g/mol. The topological polar surface area (TPSA) is 12.0 Å². The van der Waals surface area contributed by atoms with Crippen molar-refractivity contribution >= 4 is 0 Å². The molecule has 104 valence electrons. The minimum Gasteiger partial charge on any atom is -0.314 e. The van der Waals surface area contributed by atoms with Gasteiger partial charge in [-0.05, 0) is 55.7 Å². The fourth-order valence-electron chi connectivity index (χ4n) is 3.80. The predicted octanol–water partition coefficient (Wildman–Crippen LogP) is 4.42. The van der Waals surface area contributed by atoms with Crippen molar-refractivity contribution in [2.75, 3.05) is 6.54 Å². The first kappa shape index (κ1) is 13.2. The van der Waals surface area contributed by atoms with Crippen molar-refractivity contribution in [3.8, 4) is 0 Å². The fraction of sp³-hybridized carbons (Fsp3) is 0.667. The summed E-state index contributed by atoms with van der Waals surface area (Å²) in [5.74, 6) is 0.832. The molecule has 1 N–H and O–H groups in total. The van der Waals surface area contributed by atoms with Crippen LogP contribution in [0.25, 0.3) is 0 Å². The average Bonchev–Trinajstić information content (AvgIpc) is 2.79. The molecular weight excluding hydrogens is 230 g/mol. The maximum Gasteiger partial charge on any atom is 0.0108 e. The lowest BCUT2D eigenvalue weighted by molar-refractivity contribution is 0.585. The Labute approximate surface area is 117 Å². The minimum atomic E-state index is 0.726. The number of hydrogen-bond acceptors (Lipinski definition) is 1. The predicted molar refractivity (Wildman–Crippen MR) is 81.6 cm³/mol. The third-order valence-electron chi connectivity index (χ3n) is 4.92. The van der Waals surface area contributed by atoms with Crippen LogP contribution in [0.2, 0.25) is 0 Å². The third kappa shape index (κ3) is 3.60. The van der Waals surface area contributed by atoms with Crippen molar-refractivity contribution in [1.29, 1.82) is 0 Å². The number of nitrogens with one attached hydrogen (secondary N) is 1. The van der Waals surface area contributed by atoms with Crippen molar-refractivity contribution < 1.29 is 0 Å². The molecule has 0 radical (unpaired) electrons. The van der Waals surface area contributed by atoms with Gasteiger partial charge in [0, 0.05) is 6.04 Å². The summed E-state index contributed by atoms with van der Waals surface area (Å²) >= 11 is 0. The van der Waals surface area contributed by atoms with Crippen LogP contribution in [0, 0.1) is 0 Å². The van der Waals surface area contributed by atoms with Crippen molar-refractivity contribution in [3.63, 3.8) is 0 Å². The summed E-state index contributed by atoms with van der Waals surface area (Å²) in [7, 11) is 0. The SMILES string of the molecule is c1cc(CC2CCCN2)cc(C2CCCCCC2)c1. The van der Waals surface area contributed by atoms with Gasteiger partial charge in [0.05, 0.1) is 0 Å². The molecule has 1 nitrogen and oxygen atoms in total. The maximum absolute atomic E-state index is 3.61. The Morgan fingerprint density at radius 3 is 2.53 bits per heavy atom. The maximum atomic E-state index is 3.61. The molecule has 2 fully saturated rings. The van der Waals surface area contributed by atoms with E-state index in [-0.39, 0.29) is 0 Å². The van der Waals surface area contributed by atoms with E-state index >= 15 is 0 Å². The summed E-state index contributed by atoms with van der Waals surface area (Å²) in [5, 5.41) is 3.61. The molecule has 2 aliphatic rings. The Morgan fingerprint density at radius 2 is 1.79 bits per heavy atom. The van der Waals surface area contributed by atoms with E-state index in [2.05, 4.69) is 29.6 Å². The monoisotopic (exact) mass is 257 g/mol. The van der Waals surface area contributed by atoms with E-state index in [1.54, 1.807) is 11.1 Å². The first-order chi connectivity index (χ1) is 9.42. The number of rotatable bonds is 3. The van der Waals surface area contributed by atoms with Gasteiger partial charge in [0.1, 0.15) is 0 Å². The number of benzene rings is 1. The van der Waals surface area contributed by atoms with Crippen LogP contribution in [0.3, 0.4) is 0 Å². The molecule has 1 unspecified atom stereocenters. The van der Waals surface area contributed by atoms with Gasteiger partial charge in [-0.3, -0.25) is 0 Å². The van der Waals surface area contributed by atoms with E-state index in [4.69, 9.17) is 0 Å². The molecule has 1 atom stereocenters. The zero-order valence-electron chi connectivity index (χ0n) is 12.0. The molecule has 0 aromatic heterocycles. The normalized spacial score (nSPS) is 25.4. The second kappa shape index (κ2) is 6.56. The van der Waals surface area contributed by atoms with Crippen LogP contribution < -0.4 is 5.32 Å². The van der Waals surface area contributed by atoms with Crippen molar-refractivity contribution in [2.45, 2.75) is 69.7 Å². The molecule has 1 aromatic carbocycles. The highest BCUT2D eigenvalue weighted by Gasteiger charge is 2.17. The van der Waals surface area contributed by atoms with Crippen molar-refractivity contribution in [2.24, 2.45) is 0 Å². The highest BCUT2D eigenvalue weighted by atomic mass is 14.9. The lowest BCUT2D eigenvalue weighted by Gasteiger charge is -2.17. The Kier molecular flexibility index (Phi) is 4.55. The van der Waals surface area contributed by atoms with Crippen LogP contribution in [-0.2, 0) is 6.42 Å². The van der Waals surface area contributed by atoms with Crippen LogP contribution in [0.15, 0.2) is 24.3 Å². The van der Waals surface area contributed by atoms with Crippen LogP contribution in [0.5, 0.6) is 0 Å². The summed E-state index contributed by atoms with van der Waals surface area (Å²) in [5.41, 5.74) is 3.15. The molecule has 19 heavy (non-hydrogen) atoms. The zero-order chi connectivity index (χ0) is 12.9. The molecule has 1 saturated carbocycles. The van der Waals surface area contributed by atoms with Gasteiger partial charge in [0.25, 0.3) is 0 Å². The zero-order valence-corrected chi connectivity index (χ0v) is 12.0. The molecule has 1 aliphatic heterocycles. The summed E-state index contributed by atoms with van der Waals surface area (Å²) in [6.07, 6.45) is 12.5. The van der Waals surface area contributed by atoms with E-state index in [0.717, 1.165) is 12.0 Å². The van der Waals surface area contributed by atoms with Gasteiger partial charge in [-0.25, -0.2) is 0 Å². The first-order valence-electron chi connectivity index (χ1n) is 8.24. The Bertz CT molecular complexity index is 384. The first-order valence-corrected chi connectivity index (χ1v) is 8.24. The van der Waals surface area contributed by atoms with E-state index in [1.165, 1.54) is 64.3 Å². The van der Waals surface area contributed by atoms with Crippen LogP contribution in [0.4, 0.5) is 0 Å². The third-order valence-corrected chi connectivity index (χ3v) is 4.92. The summed E-state index contributed by atoms with van der Waals surface area (Å²) in [6, 6.07) is 10.2. The Morgan fingerprint density at radius 1 is 0.947 bits per heavy atom. The molecule has 1 aromatic rings. The van der Waals surface area contributed by atoms with Crippen LogP contribution in [0.1, 0.15) is 68.4 Å². The lowest BCUT2D eigenvalue weighted by Crippen LogP contribution is -2.23. The largest absolute Gasteiger partial charge is 0.314 e. The van der Waals surface area contributed by atoms with Gasteiger partial charge in [-0.2, -0.15) is 0 Å². The van der Waals surface area contributed by atoms with E-state index < -0.39 is 0 Å². The summed E-state index contributed by atoms with van der Waals surface area (Å²) < 4.78 is 0. The molecular formula is C18H27N. The van der Waals surface area contributed by atoms with Crippen molar-refractivity contribution in [1.82, 2.24) is 5.32 Å². The van der Waals surface area contributed by atoms with Crippen LogP contribution in [-0.4, -0.2) is 12.6 Å². The molecule has 1 heterocycles. The summed E-state index contributed by atoms with van der Waals surface area (Å²) in [4.78, 5) is 0. The van der Waals surface area contributed by atoms with Gasteiger partial charge in [-0.15, -0.1) is 0 Å². The molecule has 1 heteroatoms. The number of hydrogen-bond donors (Lipinski definition) is 1. The Balaban J connectivity index is 1.67. The van der Waals surface area contributed by atoms with Gasteiger partial charge in [0.2, 0.25) is 0 Å². The van der Waals surface area contributed by atoms with Gasteiger partial charge >= 0.3 is 0 Å². The fourth-order valence-corrected chi connectivity index (χ4v) is 3.80. The second-order valence-corrected chi connectivity index (χ2v) is 6.43. The van der Waals surface area contributed by atoms with E-state index in [1.807, 2.05) is 0 Å². The standard InChI is InChI=1S/C18H27N/c1-2-4-9-16(8-3-1)17-10-5-7-15(13-17)14-18-11-6-12-19-18/h5,7,10,13,16,18-19H,1-4,6,8-9,11-12,14H2. The highest BCUT2D eigenvalue weighted by Crippen LogP contribution is 2.32. The smallest absolute Gasteiger partial charge is 0.0108 e. The molecule has 0 spiro atoms. The van der Waals surface area contributed by atoms with Gasteiger partial charge in [-0.1, -0.05) is 49.9 Å². The van der Waals surface area contributed by atoms with Crippen molar-refractivity contribution in [3.05, 3.63) is 35.4 Å². The minimum absolute atomic E-state index is 0.726. The van der Waals surface area contributed by atoms with E-state index in [9.17, 15) is 0 Å². The lowest BCUT2D eigenvalue weighted by atomic mass is 9.90. The second-order valence-electron chi connectivity index (χ2n) is 6.43. The molecule has 1 saturated heterocycles. The quantitative estimate of drug-likeness (QED) is 0.790.